The molecule has 0 bridgehead atoms. The van der Waals surface area contributed by atoms with E-state index in [0.29, 0.717) is 10.8 Å². The smallest absolute Gasteiger partial charge is 0.224 e. The molecule has 1 aromatic carbocycles. The van der Waals surface area contributed by atoms with Gasteiger partial charge in [0.1, 0.15) is 5.02 Å². The fraction of sp³-hybridized carbons (Fsp3) is 0. The van der Waals surface area contributed by atoms with Gasteiger partial charge in [0.05, 0.1) is 17.9 Å². The predicted molar refractivity (Wildman–Crippen MR) is 66.7 cm³/mol. The van der Waals surface area contributed by atoms with Crippen LogP contribution in [0.4, 0.5) is 0 Å². The third-order valence-electron chi connectivity index (χ3n) is 2.37. The molecule has 2 heterocycles. The lowest BCUT2D eigenvalue weighted by Gasteiger charge is -2.04. The summed E-state index contributed by atoms with van der Waals surface area (Å²) in [5, 5.41) is 5.81. The van der Waals surface area contributed by atoms with Gasteiger partial charge in [0.15, 0.2) is 5.82 Å². The minimum absolute atomic E-state index is 0.143. The topological polar surface area (TPSA) is 43.6 Å². The summed E-state index contributed by atoms with van der Waals surface area (Å²) in [7, 11) is 0. The normalized spacial score (nSPS) is 10.9. The number of para-hydroxylation sites is 1. The van der Waals surface area contributed by atoms with E-state index in [2.05, 4.69) is 15.1 Å². The average Bonchev–Trinajstić information content (AvgIpc) is 2.76. The number of hydrogen-bond acceptors (Lipinski definition) is 3. The van der Waals surface area contributed by atoms with E-state index in [-0.39, 0.29) is 5.28 Å². The molecule has 0 aliphatic rings. The summed E-state index contributed by atoms with van der Waals surface area (Å²) in [4.78, 5) is 7.90. The van der Waals surface area contributed by atoms with E-state index in [9.17, 15) is 0 Å². The number of nitrogens with zero attached hydrogens (tertiary/aromatic N) is 4. The van der Waals surface area contributed by atoms with E-state index in [1.807, 2.05) is 24.3 Å². The number of hydrogen-bond donors (Lipinski definition) is 0. The van der Waals surface area contributed by atoms with Crippen LogP contribution in [-0.2, 0) is 0 Å². The first-order chi connectivity index (χ1) is 8.25. The third kappa shape index (κ3) is 1.75. The highest BCUT2D eigenvalue weighted by molar-refractivity contribution is 6.32. The molecule has 6 heteroatoms. The van der Waals surface area contributed by atoms with E-state index in [0.717, 1.165) is 10.9 Å². The second-order valence-electron chi connectivity index (χ2n) is 3.43. The van der Waals surface area contributed by atoms with Crippen LogP contribution in [-0.4, -0.2) is 19.7 Å². The number of aromatic nitrogens is 4. The Kier molecular flexibility index (Phi) is 2.46. The molecule has 0 aliphatic carbocycles. The van der Waals surface area contributed by atoms with Crippen LogP contribution in [0.1, 0.15) is 0 Å². The molecule has 84 valence electrons. The predicted octanol–water partition coefficient (Wildman–Crippen LogP) is 3.12. The highest BCUT2D eigenvalue weighted by Gasteiger charge is 2.10. The fourth-order valence-corrected chi connectivity index (χ4v) is 1.93. The maximum atomic E-state index is 6.04. The highest BCUT2D eigenvalue weighted by atomic mass is 35.5. The summed E-state index contributed by atoms with van der Waals surface area (Å²) in [5.41, 5.74) is 0.921. The minimum Gasteiger partial charge on any atom is -0.225 e. The first-order valence-electron chi connectivity index (χ1n) is 4.87. The van der Waals surface area contributed by atoms with Crippen molar-refractivity contribution in [3.63, 3.8) is 0 Å². The first-order valence-corrected chi connectivity index (χ1v) is 5.62. The summed E-state index contributed by atoms with van der Waals surface area (Å²) in [6.07, 6.45) is 3.21. The van der Waals surface area contributed by atoms with Crippen molar-refractivity contribution in [3.05, 3.63) is 47.0 Å². The van der Waals surface area contributed by atoms with Crippen molar-refractivity contribution < 1.29 is 0 Å². The number of fused-ring (bicyclic) bond motifs is 1. The molecule has 4 nitrogen and oxygen atoms in total. The van der Waals surface area contributed by atoms with Crippen LogP contribution in [0, 0.1) is 0 Å². The van der Waals surface area contributed by atoms with Gasteiger partial charge in [-0.25, -0.2) is 9.67 Å². The van der Waals surface area contributed by atoms with Gasteiger partial charge in [-0.1, -0.05) is 29.8 Å². The van der Waals surface area contributed by atoms with E-state index in [4.69, 9.17) is 23.2 Å². The molecule has 0 fully saturated rings. The molecule has 3 rings (SSSR count). The zero-order valence-corrected chi connectivity index (χ0v) is 10.0. The molecule has 3 aromatic rings. The number of benzene rings is 1. The third-order valence-corrected chi connectivity index (χ3v) is 2.82. The Morgan fingerprint density at radius 3 is 2.76 bits per heavy atom. The largest absolute Gasteiger partial charge is 0.225 e. The van der Waals surface area contributed by atoms with Crippen molar-refractivity contribution in [2.45, 2.75) is 0 Å². The lowest BCUT2D eigenvalue weighted by Crippen LogP contribution is -2.01. The van der Waals surface area contributed by atoms with Gasteiger partial charge in [-0.05, 0) is 17.7 Å². The lowest BCUT2D eigenvalue weighted by molar-refractivity contribution is 0.866. The van der Waals surface area contributed by atoms with Gasteiger partial charge in [0.2, 0.25) is 5.28 Å². The fourth-order valence-electron chi connectivity index (χ4n) is 1.63. The molecule has 0 unspecified atom stereocenters. The SMILES string of the molecule is Clc1ncc(Cl)c(-n2ncc3ccccc32)n1. The van der Waals surface area contributed by atoms with E-state index in [1.54, 1.807) is 10.9 Å². The molecule has 0 radical (unpaired) electrons. The summed E-state index contributed by atoms with van der Waals surface area (Å²) in [6, 6.07) is 7.78. The van der Waals surface area contributed by atoms with E-state index >= 15 is 0 Å². The average molecular weight is 265 g/mol. The Labute approximate surface area is 107 Å². The summed E-state index contributed by atoms with van der Waals surface area (Å²) >= 11 is 11.8. The van der Waals surface area contributed by atoms with Crippen LogP contribution < -0.4 is 0 Å². The van der Waals surface area contributed by atoms with E-state index < -0.39 is 0 Å². The van der Waals surface area contributed by atoms with Crippen molar-refractivity contribution in [1.29, 1.82) is 0 Å². The van der Waals surface area contributed by atoms with Gasteiger partial charge in [-0.15, -0.1) is 0 Å². The maximum absolute atomic E-state index is 6.04. The molecular weight excluding hydrogens is 259 g/mol. The Bertz CT molecular complexity index is 693. The Balaban J connectivity index is 2.31. The minimum atomic E-state index is 0.143. The van der Waals surface area contributed by atoms with Crippen LogP contribution in [0.15, 0.2) is 36.7 Å². The van der Waals surface area contributed by atoms with Gasteiger partial charge in [-0.3, -0.25) is 0 Å². The molecule has 0 atom stereocenters. The molecule has 0 saturated carbocycles. The zero-order valence-electron chi connectivity index (χ0n) is 8.51. The van der Waals surface area contributed by atoms with Gasteiger partial charge in [-0.2, -0.15) is 10.1 Å². The second-order valence-corrected chi connectivity index (χ2v) is 4.17. The van der Waals surface area contributed by atoms with Crippen molar-refractivity contribution in [3.8, 4) is 5.82 Å². The summed E-state index contributed by atoms with van der Waals surface area (Å²) < 4.78 is 1.64. The van der Waals surface area contributed by atoms with Crippen LogP contribution in [0.3, 0.4) is 0 Å². The summed E-state index contributed by atoms with van der Waals surface area (Å²) in [5.74, 6) is 0.480. The summed E-state index contributed by atoms with van der Waals surface area (Å²) in [6.45, 7) is 0. The standard InChI is InChI=1S/C11H6Cl2N4/c12-8-6-14-11(13)16-10(8)17-9-4-2-1-3-7(9)5-15-17/h1-6H. The molecule has 17 heavy (non-hydrogen) atoms. The van der Waals surface area contributed by atoms with Crippen LogP contribution in [0.2, 0.25) is 10.3 Å². The Morgan fingerprint density at radius 2 is 1.88 bits per heavy atom. The van der Waals surface area contributed by atoms with Gasteiger partial charge in [0, 0.05) is 5.39 Å². The quantitative estimate of drug-likeness (QED) is 0.635. The Morgan fingerprint density at radius 1 is 1.06 bits per heavy atom. The monoisotopic (exact) mass is 264 g/mol. The molecule has 0 spiro atoms. The molecular formula is C11H6Cl2N4. The first kappa shape index (κ1) is 10.5. The number of halogens is 2. The highest BCUT2D eigenvalue weighted by Crippen LogP contribution is 2.22. The molecule has 0 N–H and O–H groups in total. The maximum Gasteiger partial charge on any atom is 0.224 e. The molecule has 0 aliphatic heterocycles. The van der Waals surface area contributed by atoms with Crippen molar-refractivity contribution in [1.82, 2.24) is 19.7 Å². The van der Waals surface area contributed by atoms with Crippen LogP contribution >= 0.6 is 23.2 Å². The molecule has 0 amide bonds. The zero-order chi connectivity index (χ0) is 11.8. The van der Waals surface area contributed by atoms with Crippen LogP contribution in [0.25, 0.3) is 16.7 Å². The second kappa shape index (κ2) is 3.98. The Hall–Kier alpha value is -1.65. The van der Waals surface area contributed by atoms with Crippen LogP contribution in [0.5, 0.6) is 0 Å². The van der Waals surface area contributed by atoms with Crippen molar-refractivity contribution in [2.75, 3.05) is 0 Å². The molecule has 0 saturated heterocycles. The van der Waals surface area contributed by atoms with Crippen molar-refractivity contribution in [2.24, 2.45) is 0 Å². The van der Waals surface area contributed by atoms with E-state index in [1.165, 1.54) is 6.20 Å². The lowest BCUT2D eigenvalue weighted by atomic mass is 10.2. The van der Waals surface area contributed by atoms with Gasteiger partial charge >= 0.3 is 0 Å². The van der Waals surface area contributed by atoms with Crippen molar-refractivity contribution >= 4 is 34.1 Å². The number of rotatable bonds is 1. The van der Waals surface area contributed by atoms with Gasteiger partial charge in [0.25, 0.3) is 0 Å². The van der Waals surface area contributed by atoms with Gasteiger partial charge < -0.3 is 0 Å². The molecule has 2 aromatic heterocycles.